The minimum atomic E-state index is -3.91. The number of nitrogens with one attached hydrogen (secondary N) is 2. The van der Waals surface area contributed by atoms with E-state index in [1.54, 1.807) is 19.9 Å². The molecule has 1 aliphatic heterocycles. The SMILES string of the molecule is Cc1cc(C)nc(NS(=O)(=O)c2ccc(NC(=O)[C@@H]3CCCN(S(=O)(=O)N(C)C)C3)cc2)n1. The van der Waals surface area contributed by atoms with Crippen molar-refractivity contribution in [2.24, 2.45) is 5.92 Å². The van der Waals surface area contributed by atoms with Crippen LogP contribution < -0.4 is 10.0 Å². The van der Waals surface area contributed by atoms with Crippen molar-refractivity contribution in [3.8, 4) is 0 Å². The summed E-state index contributed by atoms with van der Waals surface area (Å²) in [6.45, 7) is 3.95. The minimum Gasteiger partial charge on any atom is -0.326 e. The van der Waals surface area contributed by atoms with Gasteiger partial charge in [-0.15, -0.1) is 0 Å². The Balaban J connectivity index is 1.67. The van der Waals surface area contributed by atoms with Crippen molar-refractivity contribution < 1.29 is 21.6 Å². The summed E-state index contributed by atoms with van der Waals surface area (Å²) in [7, 11) is -4.59. The standard InChI is InChI=1S/C20H28N6O5S2/c1-14-12-15(2)22-20(21-14)24-32(28,29)18-9-7-17(8-10-18)23-19(27)16-6-5-11-26(13-16)33(30,31)25(3)4/h7-10,12,16H,5-6,11,13H2,1-4H3,(H,23,27)(H,21,22,24)/t16-/m1/s1. The maximum Gasteiger partial charge on any atom is 0.281 e. The fourth-order valence-electron chi connectivity index (χ4n) is 3.51. The second-order valence-electron chi connectivity index (χ2n) is 8.08. The average Bonchev–Trinajstić information content (AvgIpc) is 2.73. The molecule has 1 aromatic carbocycles. The van der Waals surface area contributed by atoms with Gasteiger partial charge in [0.05, 0.1) is 10.8 Å². The summed E-state index contributed by atoms with van der Waals surface area (Å²) in [5.74, 6) is -0.828. The fourth-order valence-corrected chi connectivity index (χ4v) is 5.64. The predicted octanol–water partition coefficient (Wildman–Crippen LogP) is 1.35. The zero-order valence-electron chi connectivity index (χ0n) is 18.9. The van der Waals surface area contributed by atoms with E-state index in [4.69, 9.17) is 0 Å². The first-order valence-electron chi connectivity index (χ1n) is 10.3. The highest BCUT2D eigenvalue weighted by Gasteiger charge is 2.33. The van der Waals surface area contributed by atoms with Crippen LogP contribution in [0.15, 0.2) is 35.2 Å². The molecule has 2 N–H and O–H groups in total. The van der Waals surface area contributed by atoms with Crippen LogP contribution in [0, 0.1) is 19.8 Å². The normalized spacial score (nSPS) is 17.7. The van der Waals surface area contributed by atoms with Gasteiger partial charge >= 0.3 is 0 Å². The van der Waals surface area contributed by atoms with Crippen molar-refractivity contribution in [3.05, 3.63) is 41.7 Å². The third-order valence-electron chi connectivity index (χ3n) is 5.18. The Kier molecular flexibility index (Phi) is 7.36. The van der Waals surface area contributed by atoms with Crippen LogP contribution in [0.2, 0.25) is 0 Å². The number of hydrogen-bond acceptors (Lipinski definition) is 7. The Hall–Kier alpha value is -2.61. The highest BCUT2D eigenvalue weighted by atomic mass is 32.2. The molecule has 1 fully saturated rings. The van der Waals surface area contributed by atoms with Crippen molar-refractivity contribution in [1.29, 1.82) is 0 Å². The van der Waals surface area contributed by atoms with Crippen molar-refractivity contribution >= 4 is 37.8 Å². The minimum absolute atomic E-state index is 0.0100. The van der Waals surface area contributed by atoms with E-state index in [0.29, 0.717) is 36.5 Å². The van der Waals surface area contributed by atoms with Gasteiger partial charge in [-0.2, -0.15) is 17.0 Å². The van der Waals surface area contributed by atoms with Crippen LogP contribution in [0.3, 0.4) is 0 Å². The van der Waals surface area contributed by atoms with Gasteiger partial charge in [0.2, 0.25) is 11.9 Å². The van der Waals surface area contributed by atoms with E-state index in [1.807, 2.05) is 0 Å². The maximum atomic E-state index is 12.7. The van der Waals surface area contributed by atoms with Crippen LogP contribution in [-0.2, 0) is 25.0 Å². The quantitative estimate of drug-likeness (QED) is 0.589. The number of nitrogens with zero attached hydrogens (tertiary/aromatic N) is 4. The first kappa shape index (κ1) is 25.0. The molecule has 1 aliphatic rings. The molecule has 1 amide bonds. The largest absolute Gasteiger partial charge is 0.326 e. The van der Waals surface area contributed by atoms with Crippen LogP contribution in [0.4, 0.5) is 11.6 Å². The Morgan fingerprint density at radius 3 is 2.24 bits per heavy atom. The number of rotatable bonds is 7. The fraction of sp³-hybridized carbons (Fsp3) is 0.450. The average molecular weight is 497 g/mol. The van der Waals surface area contributed by atoms with Gasteiger partial charge in [0.25, 0.3) is 20.2 Å². The number of anilines is 2. The van der Waals surface area contributed by atoms with Crippen molar-refractivity contribution in [3.63, 3.8) is 0 Å². The number of piperidine rings is 1. The lowest BCUT2D eigenvalue weighted by atomic mass is 9.99. The molecular weight excluding hydrogens is 468 g/mol. The van der Waals surface area contributed by atoms with Gasteiger partial charge in [-0.25, -0.2) is 23.1 Å². The van der Waals surface area contributed by atoms with Gasteiger partial charge < -0.3 is 5.32 Å². The summed E-state index contributed by atoms with van der Waals surface area (Å²) in [6.07, 6.45) is 1.14. The number of aromatic nitrogens is 2. The summed E-state index contributed by atoms with van der Waals surface area (Å²) in [5.41, 5.74) is 1.69. The lowest BCUT2D eigenvalue weighted by molar-refractivity contribution is -0.120. The van der Waals surface area contributed by atoms with E-state index in [-0.39, 0.29) is 23.3 Å². The van der Waals surface area contributed by atoms with E-state index in [9.17, 15) is 21.6 Å². The Morgan fingerprint density at radius 2 is 1.67 bits per heavy atom. The maximum absolute atomic E-state index is 12.7. The molecule has 0 radical (unpaired) electrons. The zero-order valence-corrected chi connectivity index (χ0v) is 20.6. The molecule has 180 valence electrons. The van der Waals surface area contributed by atoms with Gasteiger partial charge in [-0.3, -0.25) is 4.79 Å². The van der Waals surface area contributed by atoms with Crippen LogP contribution in [0.5, 0.6) is 0 Å². The lowest BCUT2D eigenvalue weighted by Gasteiger charge is -2.32. The molecule has 0 saturated carbocycles. The second kappa shape index (κ2) is 9.71. The van der Waals surface area contributed by atoms with Crippen LogP contribution in [-0.4, -0.2) is 68.5 Å². The van der Waals surface area contributed by atoms with Crippen LogP contribution in [0.25, 0.3) is 0 Å². The number of benzene rings is 1. The van der Waals surface area contributed by atoms with Crippen molar-refractivity contribution in [2.75, 3.05) is 37.2 Å². The van der Waals surface area contributed by atoms with Gasteiger partial charge in [-0.1, -0.05) is 0 Å². The monoisotopic (exact) mass is 496 g/mol. The second-order valence-corrected chi connectivity index (χ2v) is 11.9. The summed E-state index contributed by atoms with van der Waals surface area (Å²) >= 11 is 0. The number of amides is 1. The van der Waals surface area contributed by atoms with Crippen molar-refractivity contribution in [1.82, 2.24) is 18.6 Å². The number of carbonyl (C=O) groups excluding carboxylic acids is 1. The first-order chi connectivity index (χ1) is 15.4. The molecule has 0 bridgehead atoms. The number of carbonyl (C=O) groups is 1. The Labute approximate surface area is 194 Å². The lowest BCUT2D eigenvalue weighted by Crippen LogP contribution is -2.47. The highest BCUT2D eigenvalue weighted by Crippen LogP contribution is 2.23. The topological polar surface area (TPSA) is 142 Å². The molecule has 0 spiro atoms. The number of sulfonamides is 1. The molecule has 1 saturated heterocycles. The van der Waals surface area contributed by atoms with Gasteiger partial charge in [0.15, 0.2) is 0 Å². The first-order valence-corrected chi connectivity index (χ1v) is 13.2. The Bertz CT molecular complexity index is 1210. The van der Waals surface area contributed by atoms with Crippen LogP contribution >= 0.6 is 0 Å². The molecule has 1 aromatic heterocycles. The van der Waals surface area contributed by atoms with E-state index < -0.39 is 26.2 Å². The summed E-state index contributed by atoms with van der Waals surface area (Å²) in [5, 5.41) is 2.74. The Morgan fingerprint density at radius 1 is 1.06 bits per heavy atom. The number of hydrogen-bond donors (Lipinski definition) is 2. The zero-order chi connectivity index (χ0) is 24.4. The van der Waals surface area contributed by atoms with E-state index in [2.05, 4.69) is 20.0 Å². The van der Waals surface area contributed by atoms with E-state index >= 15 is 0 Å². The summed E-state index contributed by atoms with van der Waals surface area (Å²) in [6, 6.07) is 7.42. The van der Waals surface area contributed by atoms with Gasteiger partial charge in [-0.05, 0) is 57.0 Å². The summed E-state index contributed by atoms with van der Waals surface area (Å²) in [4.78, 5) is 20.9. The third-order valence-corrected chi connectivity index (χ3v) is 8.43. The van der Waals surface area contributed by atoms with E-state index in [1.165, 1.54) is 42.7 Å². The molecular formula is C20H28N6O5S2. The molecule has 33 heavy (non-hydrogen) atoms. The molecule has 3 rings (SSSR count). The molecule has 2 aromatic rings. The summed E-state index contributed by atoms with van der Waals surface area (Å²) < 4.78 is 54.8. The van der Waals surface area contributed by atoms with E-state index in [0.717, 1.165) is 4.31 Å². The van der Waals surface area contributed by atoms with Gasteiger partial charge in [0, 0.05) is 44.3 Å². The molecule has 2 heterocycles. The molecule has 1 atom stereocenters. The van der Waals surface area contributed by atoms with Gasteiger partial charge in [0.1, 0.15) is 0 Å². The molecule has 11 nitrogen and oxygen atoms in total. The predicted molar refractivity (Wildman–Crippen MR) is 124 cm³/mol. The number of aryl methyl sites for hydroxylation is 2. The van der Waals surface area contributed by atoms with Crippen molar-refractivity contribution in [2.45, 2.75) is 31.6 Å². The molecule has 13 heteroatoms. The third kappa shape index (κ3) is 6.05. The smallest absolute Gasteiger partial charge is 0.281 e. The van der Waals surface area contributed by atoms with Crippen LogP contribution in [0.1, 0.15) is 24.2 Å². The molecule has 0 unspecified atom stereocenters. The highest BCUT2D eigenvalue weighted by molar-refractivity contribution is 7.92. The molecule has 0 aliphatic carbocycles.